The van der Waals surface area contributed by atoms with E-state index in [0.29, 0.717) is 0 Å². The Labute approximate surface area is 88.9 Å². The fraction of sp³-hybridized carbons (Fsp3) is 0.636. The second-order valence-electron chi connectivity index (χ2n) is 4.41. The van der Waals surface area contributed by atoms with Crippen LogP contribution in [0.1, 0.15) is 37.7 Å². The third-order valence-corrected chi connectivity index (χ3v) is 3.00. The largest absolute Gasteiger partial charge is 0.481 e. The van der Waals surface area contributed by atoms with Crippen LogP contribution in [0.25, 0.3) is 0 Å². The molecular weight excluding hydrogens is 192 g/mol. The predicted molar refractivity (Wildman–Crippen MR) is 55.8 cm³/mol. The van der Waals surface area contributed by atoms with E-state index in [1.54, 1.807) is 6.20 Å². The van der Waals surface area contributed by atoms with Gasteiger partial charge in [0.15, 0.2) is 0 Å². The number of aliphatic carboxylic acids is 1. The van der Waals surface area contributed by atoms with E-state index in [9.17, 15) is 9.90 Å². The van der Waals surface area contributed by atoms with Gasteiger partial charge in [-0.15, -0.1) is 0 Å². The number of fused-ring (bicyclic) bond motifs is 1. The Balaban J connectivity index is 2.38. The van der Waals surface area contributed by atoms with Crippen LogP contribution in [0.5, 0.6) is 0 Å². The van der Waals surface area contributed by atoms with Crippen LogP contribution in [0.4, 0.5) is 0 Å². The Morgan fingerprint density at radius 2 is 2.33 bits per heavy atom. The summed E-state index contributed by atoms with van der Waals surface area (Å²) >= 11 is 0. The second kappa shape index (κ2) is 3.68. The van der Waals surface area contributed by atoms with E-state index in [1.165, 1.54) is 0 Å². The molecular formula is C11H16N2O2. The van der Waals surface area contributed by atoms with Crippen molar-refractivity contribution < 1.29 is 9.90 Å². The molecule has 1 aromatic heterocycles. The molecule has 0 fully saturated rings. The molecule has 0 radical (unpaired) electrons. The number of rotatable bonds is 3. The second-order valence-corrected chi connectivity index (χ2v) is 4.41. The summed E-state index contributed by atoms with van der Waals surface area (Å²) in [5.74, 6) is -0.0373. The maximum absolute atomic E-state index is 11.2. The molecule has 0 amide bonds. The molecule has 1 aliphatic heterocycles. The number of nitrogens with zero attached hydrogens (tertiary/aromatic N) is 2. The lowest BCUT2D eigenvalue weighted by Gasteiger charge is -2.17. The predicted octanol–water partition coefficient (Wildman–Crippen LogP) is 1.65. The molecule has 1 aliphatic rings. The van der Waals surface area contributed by atoms with Crippen molar-refractivity contribution in [3.8, 4) is 0 Å². The summed E-state index contributed by atoms with van der Waals surface area (Å²) < 4.78 is 2.07. The van der Waals surface area contributed by atoms with Gasteiger partial charge in [0.05, 0.1) is 5.69 Å². The molecule has 0 bridgehead atoms. The molecule has 0 saturated carbocycles. The molecule has 4 heteroatoms. The standard InChI is InChI=1S/C11H16N2O2/c1-7(2)10(11(14)15)8-6-12-9-4-3-5-13(8)9/h6-7,10H,3-5H2,1-2H3,(H,14,15). The van der Waals surface area contributed by atoms with Crippen LogP contribution in [-0.4, -0.2) is 20.6 Å². The first kappa shape index (κ1) is 10.2. The minimum Gasteiger partial charge on any atom is -0.481 e. The first-order chi connectivity index (χ1) is 7.11. The summed E-state index contributed by atoms with van der Waals surface area (Å²) in [5, 5.41) is 9.21. The van der Waals surface area contributed by atoms with Crippen molar-refractivity contribution in [1.82, 2.24) is 9.55 Å². The molecule has 82 valence electrons. The van der Waals surface area contributed by atoms with Gasteiger partial charge in [0.2, 0.25) is 0 Å². The molecule has 4 nitrogen and oxygen atoms in total. The molecule has 1 unspecified atom stereocenters. The van der Waals surface area contributed by atoms with Crippen molar-refractivity contribution in [3.05, 3.63) is 17.7 Å². The van der Waals surface area contributed by atoms with Crippen LogP contribution >= 0.6 is 0 Å². The van der Waals surface area contributed by atoms with Gasteiger partial charge in [-0.1, -0.05) is 13.8 Å². The number of aromatic nitrogens is 2. The van der Waals surface area contributed by atoms with Crippen molar-refractivity contribution in [1.29, 1.82) is 0 Å². The van der Waals surface area contributed by atoms with Crippen molar-refractivity contribution in [2.45, 2.75) is 39.2 Å². The average Bonchev–Trinajstić information content (AvgIpc) is 2.67. The van der Waals surface area contributed by atoms with Crippen LogP contribution in [0.15, 0.2) is 6.20 Å². The van der Waals surface area contributed by atoms with E-state index in [2.05, 4.69) is 9.55 Å². The molecule has 1 N–H and O–H groups in total. The summed E-state index contributed by atoms with van der Waals surface area (Å²) in [6, 6.07) is 0. The van der Waals surface area contributed by atoms with Gasteiger partial charge in [-0.2, -0.15) is 0 Å². The van der Waals surface area contributed by atoms with E-state index in [4.69, 9.17) is 0 Å². The summed E-state index contributed by atoms with van der Waals surface area (Å²) in [6.07, 6.45) is 3.79. The van der Waals surface area contributed by atoms with Crippen LogP contribution < -0.4 is 0 Å². The van der Waals surface area contributed by atoms with Gasteiger partial charge in [-0.3, -0.25) is 4.79 Å². The summed E-state index contributed by atoms with van der Waals surface area (Å²) in [4.78, 5) is 15.5. The van der Waals surface area contributed by atoms with Crippen molar-refractivity contribution in [2.75, 3.05) is 0 Å². The number of hydrogen-bond acceptors (Lipinski definition) is 2. The Bertz CT molecular complexity index is 382. The van der Waals surface area contributed by atoms with Crippen molar-refractivity contribution >= 4 is 5.97 Å². The molecule has 2 rings (SSSR count). The maximum atomic E-state index is 11.2. The Morgan fingerprint density at radius 3 is 2.93 bits per heavy atom. The minimum absolute atomic E-state index is 0.101. The van der Waals surface area contributed by atoms with Crippen molar-refractivity contribution in [3.63, 3.8) is 0 Å². The SMILES string of the molecule is CC(C)C(C(=O)O)c1cnc2n1CCC2. The lowest BCUT2D eigenvalue weighted by Crippen LogP contribution is -2.20. The van der Waals surface area contributed by atoms with Gasteiger partial charge < -0.3 is 9.67 Å². The van der Waals surface area contributed by atoms with Gasteiger partial charge in [0.25, 0.3) is 0 Å². The number of carboxylic acid groups (broad SMARTS) is 1. The van der Waals surface area contributed by atoms with Gasteiger partial charge in [-0.25, -0.2) is 4.98 Å². The molecule has 1 atom stereocenters. The smallest absolute Gasteiger partial charge is 0.312 e. The zero-order valence-electron chi connectivity index (χ0n) is 9.10. The maximum Gasteiger partial charge on any atom is 0.312 e. The van der Waals surface area contributed by atoms with E-state index < -0.39 is 11.9 Å². The van der Waals surface area contributed by atoms with Crippen molar-refractivity contribution in [2.24, 2.45) is 5.92 Å². The highest BCUT2D eigenvalue weighted by Crippen LogP contribution is 2.28. The lowest BCUT2D eigenvalue weighted by molar-refractivity contribution is -0.140. The molecule has 2 heterocycles. The summed E-state index contributed by atoms with van der Waals surface area (Å²) in [6.45, 7) is 4.79. The van der Waals surface area contributed by atoms with Gasteiger partial charge in [0.1, 0.15) is 11.7 Å². The Kier molecular flexibility index (Phi) is 2.50. The number of carbonyl (C=O) groups is 1. The first-order valence-corrected chi connectivity index (χ1v) is 5.38. The molecule has 15 heavy (non-hydrogen) atoms. The molecule has 0 aliphatic carbocycles. The minimum atomic E-state index is -0.750. The van der Waals surface area contributed by atoms with Crippen LogP contribution in [0, 0.1) is 5.92 Å². The molecule has 0 spiro atoms. The highest BCUT2D eigenvalue weighted by molar-refractivity contribution is 5.75. The Hall–Kier alpha value is -1.32. The third-order valence-electron chi connectivity index (χ3n) is 3.00. The number of hydrogen-bond donors (Lipinski definition) is 1. The third kappa shape index (κ3) is 1.64. The van der Waals surface area contributed by atoms with E-state index >= 15 is 0 Å². The first-order valence-electron chi connectivity index (χ1n) is 5.38. The monoisotopic (exact) mass is 208 g/mol. The zero-order valence-corrected chi connectivity index (χ0v) is 9.10. The van der Waals surface area contributed by atoms with Crippen LogP contribution in [-0.2, 0) is 17.8 Å². The van der Waals surface area contributed by atoms with Gasteiger partial charge in [-0.05, 0) is 12.3 Å². The van der Waals surface area contributed by atoms with Gasteiger partial charge in [0, 0.05) is 19.2 Å². The highest BCUT2D eigenvalue weighted by Gasteiger charge is 2.29. The Morgan fingerprint density at radius 1 is 1.60 bits per heavy atom. The summed E-state index contributed by atoms with van der Waals surface area (Å²) in [7, 11) is 0. The van der Waals surface area contributed by atoms with Crippen LogP contribution in [0.2, 0.25) is 0 Å². The van der Waals surface area contributed by atoms with E-state index in [0.717, 1.165) is 30.9 Å². The highest BCUT2D eigenvalue weighted by atomic mass is 16.4. The average molecular weight is 208 g/mol. The van der Waals surface area contributed by atoms with Gasteiger partial charge >= 0.3 is 5.97 Å². The molecule has 1 aromatic rings. The normalized spacial score (nSPS) is 16.7. The topological polar surface area (TPSA) is 55.1 Å². The quantitative estimate of drug-likeness (QED) is 0.821. The number of imidazole rings is 1. The van der Waals surface area contributed by atoms with E-state index in [-0.39, 0.29) is 5.92 Å². The fourth-order valence-electron chi connectivity index (χ4n) is 2.28. The zero-order chi connectivity index (χ0) is 11.0. The lowest BCUT2D eigenvalue weighted by atomic mass is 9.93. The number of aryl methyl sites for hydroxylation is 1. The summed E-state index contributed by atoms with van der Waals surface area (Å²) in [5.41, 5.74) is 0.866. The fourth-order valence-corrected chi connectivity index (χ4v) is 2.28. The van der Waals surface area contributed by atoms with E-state index in [1.807, 2.05) is 13.8 Å². The van der Waals surface area contributed by atoms with Crippen LogP contribution in [0.3, 0.4) is 0 Å². The molecule has 0 saturated heterocycles. The number of carboxylic acids is 1. The molecule has 0 aromatic carbocycles.